The van der Waals surface area contributed by atoms with Crippen LogP contribution >= 0.6 is 35.6 Å². The molecule has 1 aromatic heterocycles. The van der Waals surface area contributed by atoms with E-state index in [0.717, 1.165) is 36.2 Å². The Balaban J connectivity index is 0.00000300. The van der Waals surface area contributed by atoms with Crippen LogP contribution in [0.25, 0.3) is 0 Å². The van der Waals surface area contributed by atoms with Gasteiger partial charge < -0.3 is 20.3 Å². The summed E-state index contributed by atoms with van der Waals surface area (Å²) in [6, 6.07) is 11.6. The third-order valence-corrected chi connectivity index (χ3v) is 4.88. The van der Waals surface area contributed by atoms with Crippen LogP contribution in [0.15, 0.2) is 47.6 Å². The lowest BCUT2D eigenvalue weighted by atomic mass is 10.3. The van der Waals surface area contributed by atoms with Gasteiger partial charge in [0.2, 0.25) is 0 Å². The molecule has 0 aliphatic carbocycles. The van der Waals surface area contributed by atoms with E-state index in [9.17, 15) is 0 Å². The molecule has 1 fully saturated rings. The summed E-state index contributed by atoms with van der Waals surface area (Å²) in [4.78, 5) is 11.2. The normalized spacial score (nSPS) is 14.9. The molecule has 3 rings (SSSR count). The minimum Gasteiger partial charge on any atom is -0.489 e. The molecule has 1 saturated heterocycles. The summed E-state index contributed by atoms with van der Waals surface area (Å²) in [5, 5.41) is 7.30. The molecule has 1 aliphatic rings. The quantitative estimate of drug-likeness (QED) is 0.321. The molecular weight excluding hydrogens is 501 g/mol. The second kappa shape index (κ2) is 12.1. The predicted octanol–water partition coefficient (Wildman–Crippen LogP) is 4.09. The van der Waals surface area contributed by atoms with E-state index in [1.54, 1.807) is 7.05 Å². The van der Waals surface area contributed by atoms with Gasteiger partial charge in [0, 0.05) is 37.9 Å². The SMILES string of the molecule is CN=C(NCc1ccc(N2CCCC2)nc1)NCC(C)Oc1ccc(Cl)cc1.I. The first-order chi connectivity index (χ1) is 13.6. The van der Waals surface area contributed by atoms with Crippen LogP contribution in [0.5, 0.6) is 5.75 Å². The Kier molecular flexibility index (Phi) is 9.80. The van der Waals surface area contributed by atoms with Gasteiger partial charge in [-0.15, -0.1) is 24.0 Å². The number of nitrogens with one attached hydrogen (secondary N) is 2. The van der Waals surface area contributed by atoms with Crippen molar-refractivity contribution < 1.29 is 4.74 Å². The summed E-state index contributed by atoms with van der Waals surface area (Å²) < 4.78 is 5.87. The van der Waals surface area contributed by atoms with Crippen LogP contribution in [0, 0.1) is 0 Å². The van der Waals surface area contributed by atoms with E-state index in [4.69, 9.17) is 16.3 Å². The number of hydrogen-bond acceptors (Lipinski definition) is 4. The van der Waals surface area contributed by atoms with Crippen molar-refractivity contribution >= 4 is 47.4 Å². The number of halogens is 2. The first-order valence-electron chi connectivity index (χ1n) is 9.70. The number of ether oxygens (including phenoxy) is 1. The topological polar surface area (TPSA) is 61.8 Å². The largest absolute Gasteiger partial charge is 0.489 e. The number of hydrogen-bond donors (Lipinski definition) is 2. The summed E-state index contributed by atoms with van der Waals surface area (Å²) in [5.74, 6) is 2.60. The molecule has 8 heteroatoms. The molecule has 29 heavy (non-hydrogen) atoms. The molecule has 0 radical (unpaired) electrons. The summed E-state index contributed by atoms with van der Waals surface area (Å²) in [6.45, 7) is 5.53. The molecule has 2 aromatic rings. The highest BCUT2D eigenvalue weighted by Gasteiger charge is 2.13. The molecule has 158 valence electrons. The van der Waals surface area contributed by atoms with Crippen molar-refractivity contribution in [1.29, 1.82) is 0 Å². The van der Waals surface area contributed by atoms with E-state index < -0.39 is 0 Å². The molecule has 1 aromatic carbocycles. The minimum absolute atomic E-state index is 0. The van der Waals surface area contributed by atoms with Crippen LogP contribution in [0.4, 0.5) is 5.82 Å². The van der Waals surface area contributed by atoms with Crippen LogP contribution in [-0.2, 0) is 6.54 Å². The van der Waals surface area contributed by atoms with E-state index in [1.165, 1.54) is 12.8 Å². The van der Waals surface area contributed by atoms with E-state index in [2.05, 4.69) is 37.6 Å². The van der Waals surface area contributed by atoms with Gasteiger partial charge in [0.25, 0.3) is 0 Å². The fourth-order valence-corrected chi connectivity index (χ4v) is 3.21. The molecule has 1 atom stereocenters. The Morgan fingerprint density at radius 3 is 2.52 bits per heavy atom. The van der Waals surface area contributed by atoms with Gasteiger partial charge in [-0.2, -0.15) is 0 Å². The number of anilines is 1. The Morgan fingerprint density at radius 1 is 1.17 bits per heavy atom. The maximum absolute atomic E-state index is 5.90. The van der Waals surface area contributed by atoms with E-state index in [1.807, 2.05) is 37.4 Å². The van der Waals surface area contributed by atoms with Crippen molar-refractivity contribution in [2.45, 2.75) is 32.4 Å². The first kappa shape index (κ1) is 23.5. The van der Waals surface area contributed by atoms with Crippen molar-refractivity contribution in [3.63, 3.8) is 0 Å². The fraction of sp³-hybridized carbons (Fsp3) is 0.429. The first-order valence-corrected chi connectivity index (χ1v) is 10.1. The highest BCUT2D eigenvalue weighted by molar-refractivity contribution is 14.0. The number of guanidine groups is 1. The molecule has 6 nitrogen and oxygen atoms in total. The predicted molar refractivity (Wildman–Crippen MR) is 131 cm³/mol. The zero-order valence-electron chi connectivity index (χ0n) is 16.9. The van der Waals surface area contributed by atoms with Crippen LogP contribution < -0.4 is 20.3 Å². The molecule has 0 amide bonds. The maximum atomic E-state index is 5.90. The minimum atomic E-state index is -0.0128. The number of aromatic nitrogens is 1. The summed E-state index contributed by atoms with van der Waals surface area (Å²) in [6.07, 6.45) is 4.43. The number of pyridine rings is 1. The zero-order valence-corrected chi connectivity index (χ0v) is 20.0. The van der Waals surface area contributed by atoms with Gasteiger partial charge in [-0.25, -0.2) is 4.98 Å². The van der Waals surface area contributed by atoms with Crippen LogP contribution in [0.3, 0.4) is 0 Å². The van der Waals surface area contributed by atoms with Crippen molar-refractivity contribution in [2.75, 3.05) is 31.6 Å². The lowest BCUT2D eigenvalue weighted by molar-refractivity contribution is 0.224. The second-order valence-corrected chi connectivity index (χ2v) is 7.34. The average Bonchev–Trinajstić information content (AvgIpc) is 3.25. The molecular formula is C21H29ClIN5O. The fourth-order valence-electron chi connectivity index (χ4n) is 3.09. The smallest absolute Gasteiger partial charge is 0.191 e. The van der Waals surface area contributed by atoms with Crippen LogP contribution in [0.1, 0.15) is 25.3 Å². The highest BCUT2D eigenvalue weighted by Crippen LogP contribution is 2.18. The number of aliphatic imine (C=N–C) groups is 1. The Labute approximate surface area is 195 Å². The average molecular weight is 530 g/mol. The van der Waals surface area contributed by atoms with Gasteiger partial charge in [0.15, 0.2) is 5.96 Å². The van der Waals surface area contributed by atoms with E-state index in [-0.39, 0.29) is 30.1 Å². The van der Waals surface area contributed by atoms with Crippen LogP contribution in [0.2, 0.25) is 5.02 Å². The monoisotopic (exact) mass is 529 g/mol. The third kappa shape index (κ3) is 7.54. The highest BCUT2D eigenvalue weighted by atomic mass is 127. The maximum Gasteiger partial charge on any atom is 0.191 e. The summed E-state index contributed by atoms with van der Waals surface area (Å²) in [7, 11) is 1.76. The van der Waals surface area contributed by atoms with E-state index >= 15 is 0 Å². The number of rotatable bonds is 7. The van der Waals surface area contributed by atoms with Crippen molar-refractivity contribution in [2.24, 2.45) is 4.99 Å². The molecule has 0 bridgehead atoms. The van der Waals surface area contributed by atoms with Crippen LogP contribution in [-0.4, -0.2) is 43.7 Å². The summed E-state index contributed by atoms with van der Waals surface area (Å²) in [5.41, 5.74) is 1.12. The van der Waals surface area contributed by atoms with Crippen molar-refractivity contribution in [3.05, 3.63) is 53.2 Å². The van der Waals surface area contributed by atoms with Gasteiger partial charge in [0.05, 0.1) is 6.54 Å². The second-order valence-electron chi connectivity index (χ2n) is 6.91. The van der Waals surface area contributed by atoms with Gasteiger partial charge in [-0.1, -0.05) is 17.7 Å². The third-order valence-electron chi connectivity index (χ3n) is 4.63. The van der Waals surface area contributed by atoms with Crippen molar-refractivity contribution in [3.8, 4) is 5.75 Å². The Hall–Kier alpha value is -1.74. The molecule has 2 N–H and O–H groups in total. The Morgan fingerprint density at radius 2 is 1.90 bits per heavy atom. The number of nitrogens with zero attached hydrogens (tertiary/aromatic N) is 3. The lowest BCUT2D eigenvalue weighted by Gasteiger charge is -2.18. The van der Waals surface area contributed by atoms with Crippen molar-refractivity contribution in [1.82, 2.24) is 15.6 Å². The lowest BCUT2D eigenvalue weighted by Crippen LogP contribution is -2.41. The molecule has 1 unspecified atom stereocenters. The van der Waals surface area contributed by atoms with Gasteiger partial charge in [-0.3, -0.25) is 4.99 Å². The van der Waals surface area contributed by atoms with Gasteiger partial charge >= 0.3 is 0 Å². The molecule has 1 aliphatic heterocycles. The molecule has 2 heterocycles. The zero-order chi connectivity index (χ0) is 19.8. The number of benzene rings is 1. The molecule has 0 spiro atoms. The Bertz CT molecular complexity index is 764. The standard InChI is InChI=1S/C21H28ClN5O.HI/c1-16(28-19-8-6-18(22)7-9-19)13-25-21(23-2)26-15-17-5-10-20(24-14-17)27-11-3-4-12-27;/h5-10,14,16H,3-4,11-13,15H2,1-2H3,(H2,23,25,26);1H. The van der Waals surface area contributed by atoms with E-state index in [0.29, 0.717) is 18.1 Å². The summed E-state index contributed by atoms with van der Waals surface area (Å²) >= 11 is 5.90. The molecule has 0 saturated carbocycles. The van der Waals surface area contributed by atoms with Gasteiger partial charge in [-0.05, 0) is 55.7 Å². The van der Waals surface area contributed by atoms with Gasteiger partial charge in [0.1, 0.15) is 17.7 Å².